The molecule has 5 rings (SSSR count). The van der Waals surface area contributed by atoms with Gasteiger partial charge in [0.25, 0.3) is 8.32 Å². The highest BCUT2D eigenvalue weighted by Crippen LogP contribution is 2.47. The molecule has 0 bridgehead atoms. The number of carbonyl (C=O) groups excluding carboxylic acids is 1. The maximum atomic E-state index is 12.3. The topological polar surface area (TPSA) is 55.8 Å². The normalized spacial score (nSPS) is 24.1. The Bertz CT molecular complexity index is 1210. The molecule has 1 saturated heterocycles. The molecule has 4 nitrogen and oxygen atoms in total. The molecule has 3 aromatic rings. The third kappa shape index (κ3) is 5.81. The lowest BCUT2D eigenvalue weighted by atomic mass is 9.91. The third-order valence-corrected chi connectivity index (χ3v) is 13.5. The van der Waals surface area contributed by atoms with Gasteiger partial charge in [-0.15, -0.1) is 0 Å². The number of hydrogen-bond donors (Lipinski definition) is 1. The highest BCUT2D eigenvalue weighted by molar-refractivity contribution is 6.99. The molecule has 2 aliphatic rings. The van der Waals surface area contributed by atoms with E-state index in [4.69, 9.17) is 9.16 Å². The van der Waals surface area contributed by atoms with Gasteiger partial charge in [0.2, 0.25) is 0 Å². The van der Waals surface area contributed by atoms with E-state index < -0.39 is 14.4 Å². The number of rotatable bonds is 9. The molecule has 0 unspecified atom stereocenters. The van der Waals surface area contributed by atoms with E-state index in [0.29, 0.717) is 19.3 Å². The van der Waals surface area contributed by atoms with Gasteiger partial charge in [0.05, 0.1) is 18.6 Å². The lowest BCUT2D eigenvalue weighted by Gasteiger charge is -2.45. The van der Waals surface area contributed by atoms with Crippen molar-refractivity contribution in [3.8, 4) is 0 Å². The summed E-state index contributed by atoms with van der Waals surface area (Å²) < 4.78 is 13.3. The summed E-state index contributed by atoms with van der Waals surface area (Å²) in [5.74, 6) is -0.0651. The largest absolute Gasteiger partial charge is 0.462 e. The van der Waals surface area contributed by atoms with E-state index in [1.807, 2.05) is 24.3 Å². The quantitative estimate of drug-likeness (QED) is 0.223. The van der Waals surface area contributed by atoms with Crippen LogP contribution in [0.5, 0.6) is 0 Å². The van der Waals surface area contributed by atoms with Gasteiger partial charge in [-0.1, -0.05) is 124 Å². The van der Waals surface area contributed by atoms with Crippen molar-refractivity contribution in [3.05, 3.63) is 109 Å². The Morgan fingerprint density at radius 3 is 2.08 bits per heavy atom. The monoisotopic (exact) mass is 540 g/mol. The van der Waals surface area contributed by atoms with Gasteiger partial charge in [0.15, 0.2) is 0 Å². The Balaban J connectivity index is 1.46. The zero-order valence-electron chi connectivity index (χ0n) is 23.2. The van der Waals surface area contributed by atoms with Gasteiger partial charge in [0, 0.05) is 18.3 Å². The lowest BCUT2D eigenvalue weighted by Crippen LogP contribution is -2.68. The highest BCUT2D eigenvalue weighted by atomic mass is 28.4. The van der Waals surface area contributed by atoms with E-state index in [1.54, 1.807) is 0 Å². The second kappa shape index (κ2) is 11.6. The molecule has 1 aliphatic heterocycles. The zero-order valence-corrected chi connectivity index (χ0v) is 24.2. The summed E-state index contributed by atoms with van der Waals surface area (Å²) in [5, 5.41) is 13.2. The number of aryl methyl sites for hydroxylation is 1. The number of carbonyl (C=O) groups is 1. The lowest BCUT2D eigenvalue weighted by molar-refractivity contribution is -0.141. The van der Waals surface area contributed by atoms with Crippen molar-refractivity contribution in [3.63, 3.8) is 0 Å². The van der Waals surface area contributed by atoms with Crippen LogP contribution in [0.25, 0.3) is 0 Å². The number of fused-ring (bicyclic) bond motifs is 1. The van der Waals surface area contributed by atoms with Crippen molar-refractivity contribution in [1.29, 1.82) is 0 Å². The van der Waals surface area contributed by atoms with Crippen molar-refractivity contribution < 1.29 is 19.1 Å². The van der Waals surface area contributed by atoms with Crippen LogP contribution < -0.4 is 10.4 Å². The molecule has 0 spiro atoms. The van der Waals surface area contributed by atoms with Crippen molar-refractivity contribution in [2.45, 2.75) is 69.8 Å². The van der Waals surface area contributed by atoms with Gasteiger partial charge in [-0.2, -0.15) is 0 Å². The minimum Gasteiger partial charge on any atom is -0.462 e. The zero-order chi connectivity index (χ0) is 27.5. The molecule has 5 heteroatoms. The molecule has 1 heterocycles. The predicted molar refractivity (Wildman–Crippen MR) is 158 cm³/mol. The van der Waals surface area contributed by atoms with Gasteiger partial charge >= 0.3 is 5.97 Å². The summed E-state index contributed by atoms with van der Waals surface area (Å²) in [6.07, 6.45) is 5.76. The fraction of sp³-hybridized carbons (Fsp3) is 0.382. The van der Waals surface area contributed by atoms with Gasteiger partial charge in [-0.05, 0) is 33.8 Å². The first kappa shape index (κ1) is 27.6. The number of hydrogen-bond acceptors (Lipinski definition) is 4. The maximum Gasteiger partial charge on any atom is 0.306 e. The molecule has 5 atom stereocenters. The number of aliphatic hydroxyl groups excluding tert-OH is 1. The molecule has 39 heavy (non-hydrogen) atoms. The van der Waals surface area contributed by atoms with Crippen LogP contribution in [-0.2, 0) is 20.4 Å². The number of ether oxygens (including phenoxy) is 1. The first-order valence-electron chi connectivity index (χ1n) is 14.2. The van der Waals surface area contributed by atoms with E-state index >= 15 is 0 Å². The second-order valence-corrected chi connectivity index (χ2v) is 16.3. The smallest absolute Gasteiger partial charge is 0.306 e. The van der Waals surface area contributed by atoms with Gasteiger partial charge in [-0.25, -0.2) is 0 Å². The third-order valence-electron chi connectivity index (χ3n) is 8.42. The Labute approximate surface area is 233 Å². The van der Waals surface area contributed by atoms with E-state index in [0.717, 1.165) is 6.42 Å². The Kier molecular flexibility index (Phi) is 8.22. The summed E-state index contributed by atoms with van der Waals surface area (Å²) in [6.45, 7) is 6.85. The van der Waals surface area contributed by atoms with Gasteiger partial charge < -0.3 is 14.3 Å². The van der Waals surface area contributed by atoms with Crippen LogP contribution in [0.3, 0.4) is 0 Å². The summed E-state index contributed by atoms with van der Waals surface area (Å²) in [4.78, 5) is 12.3. The molecule has 1 aliphatic carbocycles. The minimum absolute atomic E-state index is 0.00512. The molecule has 204 valence electrons. The predicted octanol–water partition coefficient (Wildman–Crippen LogP) is 5.43. The number of aliphatic hydroxyl groups is 1. The van der Waals surface area contributed by atoms with Crippen LogP contribution in [0.15, 0.2) is 103 Å². The maximum absolute atomic E-state index is 12.3. The van der Waals surface area contributed by atoms with Crippen LogP contribution in [0, 0.1) is 11.8 Å². The number of benzene rings is 3. The molecule has 1 N–H and O–H groups in total. The SMILES string of the molecule is CC(C)(C)[Si](O[C@@H]1C[C@@H]2OC(=O)C[C@@H]2[C@H]1C=C[C@@H](O)CCc1ccccc1)(c1ccccc1)c1ccccc1. The molecule has 3 aromatic carbocycles. The minimum atomic E-state index is -2.77. The molecule has 2 fully saturated rings. The van der Waals surface area contributed by atoms with Crippen molar-refractivity contribution in [2.75, 3.05) is 0 Å². The van der Waals surface area contributed by atoms with E-state index in [2.05, 4.69) is 99.6 Å². The molecular formula is C34H40O4Si. The molecule has 0 radical (unpaired) electrons. The fourth-order valence-electron chi connectivity index (χ4n) is 6.52. The molecule has 1 saturated carbocycles. The first-order chi connectivity index (χ1) is 18.8. The Morgan fingerprint density at radius 1 is 0.949 bits per heavy atom. The van der Waals surface area contributed by atoms with Gasteiger partial charge in [0.1, 0.15) is 6.10 Å². The van der Waals surface area contributed by atoms with E-state index in [1.165, 1.54) is 15.9 Å². The van der Waals surface area contributed by atoms with E-state index in [-0.39, 0.29) is 35.1 Å². The van der Waals surface area contributed by atoms with Crippen molar-refractivity contribution >= 4 is 24.7 Å². The fourth-order valence-corrected chi connectivity index (χ4v) is 11.2. The van der Waals surface area contributed by atoms with Crippen LogP contribution >= 0.6 is 0 Å². The Morgan fingerprint density at radius 2 is 1.51 bits per heavy atom. The van der Waals surface area contributed by atoms with Crippen molar-refractivity contribution in [1.82, 2.24) is 0 Å². The average Bonchev–Trinajstić information content (AvgIpc) is 3.45. The van der Waals surface area contributed by atoms with Crippen LogP contribution in [0.4, 0.5) is 0 Å². The Hall–Kier alpha value is -2.99. The van der Waals surface area contributed by atoms with Crippen molar-refractivity contribution in [2.24, 2.45) is 11.8 Å². The van der Waals surface area contributed by atoms with Crippen LogP contribution in [0.1, 0.15) is 45.6 Å². The standard InChI is InChI=1S/C34H40O4Si/c1-34(2,3)39(27-15-9-5-10-16-27,28-17-11-6-12-18-28)38-32-24-31-30(23-33(36)37-31)29(32)22-21-26(35)20-19-25-13-7-4-8-14-25/h4-18,21-22,26,29-32,35H,19-20,23-24H2,1-3H3/t26-,29+,30+,31-,32+/m0/s1. The first-order valence-corrected chi connectivity index (χ1v) is 16.1. The summed E-state index contributed by atoms with van der Waals surface area (Å²) in [5.41, 5.74) is 1.22. The summed E-state index contributed by atoms with van der Waals surface area (Å²) in [7, 11) is -2.77. The highest BCUT2D eigenvalue weighted by Gasteiger charge is 2.56. The van der Waals surface area contributed by atoms with E-state index in [9.17, 15) is 9.90 Å². The van der Waals surface area contributed by atoms with Crippen LogP contribution in [-0.4, -0.2) is 37.7 Å². The molecule has 0 aromatic heterocycles. The van der Waals surface area contributed by atoms with Gasteiger partial charge in [-0.3, -0.25) is 4.79 Å². The summed E-state index contributed by atoms with van der Waals surface area (Å²) in [6, 6.07) is 31.6. The summed E-state index contributed by atoms with van der Waals surface area (Å²) >= 11 is 0. The second-order valence-electron chi connectivity index (χ2n) is 12.0. The molecular weight excluding hydrogens is 500 g/mol. The average molecular weight is 541 g/mol. The molecule has 0 amide bonds. The van der Waals surface area contributed by atoms with Crippen LogP contribution in [0.2, 0.25) is 5.04 Å². The number of esters is 1.